The quantitative estimate of drug-likeness (QED) is 0.756. The number of carbonyl (C=O) groups is 1. The van der Waals surface area contributed by atoms with Gasteiger partial charge in [0.2, 0.25) is 5.92 Å². The van der Waals surface area contributed by atoms with E-state index in [0.717, 1.165) is 5.56 Å². The monoisotopic (exact) mass is 254 g/mol. The molecule has 4 heteroatoms. The lowest BCUT2D eigenvalue weighted by Gasteiger charge is -2.34. The van der Waals surface area contributed by atoms with Crippen LogP contribution in [0.15, 0.2) is 30.3 Å². The summed E-state index contributed by atoms with van der Waals surface area (Å²) in [5.74, 6) is -4.22. The molecule has 0 N–H and O–H groups in total. The smallest absolute Gasteiger partial charge is 0.309 e. The molecule has 0 saturated heterocycles. The molecule has 2 atom stereocenters. The van der Waals surface area contributed by atoms with E-state index in [1.54, 1.807) is 0 Å². The molecule has 2 nitrogen and oxygen atoms in total. The molecular formula is C14H16F2O2. The average molecular weight is 254 g/mol. The Morgan fingerprint density at radius 1 is 1.33 bits per heavy atom. The van der Waals surface area contributed by atoms with Gasteiger partial charge in [0.25, 0.3) is 0 Å². The molecule has 0 amide bonds. The Kier molecular flexibility index (Phi) is 3.64. The lowest BCUT2D eigenvalue weighted by molar-refractivity contribution is -0.154. The van der Waals surface area contributed by atoms with Crippen molar-refractivity contribution in [2.45, 2.75) is 31.1 Å². The number of hydrogen-bond acceptors (Lipinski definition) is 2. The number of rotatable bonds is 2. The molecule has 1 saturated carbocycles. The molecule has 0 unspecified atom stereocenters. The minimum Gasteiger partial charge on any atom is -0.469 e. The van der Waals surface area contributed by atoms with Crippen molar-refractivity contribution in [2.75, 3.05) is 7.11 Å². The largest absolute Gasteiger partial charge is 0.469 e. The van der Waals surface area contributed by atoms with Gasteiger partial charge in [0, 0.05) is 12.8 Å². The summed E-state index contributed by atoms with van der Waals surface area (Å²) in [5.41, 5.74) is 0.934. The van der Waals surface area contributed by atoms with Gasteiger partial charge in [-0.15, -0.1) is 0 Å². The molecule has 0 spiro atoms. The second-order valence-corrected chi connectivity index (χ2v) is 4.75. The summed E-state index contributed by atoms with van der Waals surface area (Å²) >= 11 is 0. The molecule has 2 rings (SSSR count). The van der Waals surface area contributed by atoms with Crippen molar-refractivity contribution in [3.63, 3.8) is 0 Å². The molecule has 0 bridgehead atoms. The van der Waals surface area contributed by atoms with Gasteiger partial charge in [0.05, 0.1) is 13.0 Å². The Hall–Kier alpha value is -1.45. The van der Waals surface area contributed by atoms with Crippen LogP contribution in [-0.2, 0) is 9.53 Å². The molecular weight excluding hydrogens is 238 g/mol. The van der Waals surface area contributed by atoms with Crippen LogP contribution in [0.3, 0.4) is 0 Å². The summed E-state index contributed by atoms with van der Waals surface area (Å²) in [6, 6.07) is 9.34. The predicted octanol–water partition coefficient (Wildman–Crippen LogP) is 3.38. The highest BCUT2D eigenvalue weighted by atomic mass is 19.3. The lowest BCUT2D eigenvalue weighted by atomic mass is 9.74. The second kappa shape index (κ2) is 5.04. The van der Waals surface area contributed by atoms with Crippen molar-refractivity contribution in [2.24, 2.45) is 5.92 Å². The molecule has 18 heavy (non-hydrogen) atoms. The number of benzene rings is 1. The minimum absolute atomic E-state index is 0.167. The maximum Gasteiger partial charge on any atom is 0.309 e. The van der Waals surface area contributed by atoms with E-state index in [1.807, 2.05) is 30.3 Å². The zero-order valence-electron chi connectivity index (χ0n) is 10.2. The van der Waals surface area contributed by atoms with Crippen molar-refractivity contribution in [1.29, 1.82) is 0 Å². The molecule has 1 aliphatic carbocycles. The van der Waals surface area contributed by atoms with Gasteiger partial charge in [-0.3, -0.25) is 4.79 Å². The summed E-state index contributed by atoms with van der Waals surface area (Å²) in [5, 5.41) is 0. The van der Waals surface area contributed by atoms with Crippen LogP contribution in [0.2, 0.25) is 0 Å². The number of hydrogen-bond donors (Lipinski definition) is 0. The molecule has 1 aliphatic rings. The van der Waals surface area contributed by atoms with E-state index >= 15 is 0 Å². The van der Waals surface area contributed by atoms with Gasteiger partial charge in [-0.1, -0.05) is 30.3 Å². The minimum atomic E-state index is -2.76. The fraction of sp³-hybridized carbons (Fsp3) is 0.500. The number of ether oxygens (including phenoxy) is 1. The van der Waals surface area contributed by atoms with E-state index in [2.05, 4.69) is 4.74 Å². The zero-order chi connectivity index (χ0) is 13.2. The molecule has 1 aromatic carbocycles. The molecule has 0 aromatic heterocycles. The highest BCUT2D eigenvalue weighted by molar-refractivity contribution is 5.74. The molecule has 98 valence electrons. The number of alkyl halides is 2. The first-order chi connectivity index (χ1) is 8.53. The van der Waals surface area contributed by atoms with Crippen molar-refractivity contribution in [3.8, 4) is 0 Å². The molecule has 1 aromatic rings. The van der Waals surface area contributed by atoms with E-state index in [0.29, 0.717) is 6.42 Å². The maximum absolute atomic E-state index is 13.4. The summed E-state index contributed by atoms with van der Waals surface area (Å²) in [7, 11) is 1.25. The van der Waals surface area contributed by atoms with Gasteiger partial charge in [-0.25, -0.2) is 8.78 Å². The van der Waals surface area contributed by atoms with Crippen molar-refractivity contribution in [1.82, 2.24) is 0 Å². The SMILES string of the molecule is COC(=O)[C@@H]1CC(F)(F)CC[C@@H]1c1ccccc1. The Labute approximate surface area is 105 Å². The Morgan fingerprint density at radius 3 is 2.61 bits per heavy atom. The molecule has 0 aliphatic heterocycles. The molecule has 0 radical (unpaired) electrons. The molecule has 0 heterocycles. The highest BCUT2D eigenvalue weighted by Crippen LogP contribution is 2.45. The van der Waals surface area contributed by atoms with E-state index in [-0.39, 0.29) is 12.3 Å². The lowest BCUT2D eigenvalue weighted by Crippen LogP contribution is -2.36. The number of halogens is 2. The van der Waals surface area contributed by atoms with Crippen LogP contribution in [0, 0.1) is 5.92 Å². The van der Waals surface area contributed by atoms with Crippen LogP contribution in [0.5, 0.6) is 0 Å². The van der Waals surface area contributed by atoms with E-state index in [4.69, 9.17) is 0 Å². The number of methoxy groups -OCH3 is 1. The van der Waals surface area contributed by atoms with Gasteiger partial charge in [-0.05, 0) is 17.9 Å². The first-order valence-electron chi connectivity index (χ1n) is 6.04. The van der Waals surface area contributed by atoms with Crippen molar-refractivity contribution < 1.29 is 18.3 Å². The van der Waals surface area contributed by atoms with Gasteiger partial charge >= 0.3 is 5.97 Å². The normalized spacial score (nSPS) is 26.6. The predicted molar refractivity (Wildman–Crippen MR) is 63.5 cm³/mol. The Bertz CT molecular complexity index is 417. The van der Waals surface area contributed by atoms with Crippen LogP contribution < -0.4 is 0 Å². The first kappa shape index (κ1) is 13.0. The van der Waals surface area contributed by atoms with Crippen LogP contribution in [0.1, 0.15) is 30.7 Å². The summed E-state index contributed by atoms with van der Waals surface area (Å²) in [4.78, 5) is 11.7. The third kappa shape index (κ3) is 2.68. The summed E-state index contributed by atoms with van der Waals surface area (Å²) in [6.07, 6.45) is -0.268. The number of carbonyl (C=O) groups excluding carboxylic acids is 1. The van der Waals surface area contributed by atoms with Crippen LogP contribution in [0.4, 0.5) is 8.78 Å². The van der Waals surface area contributed by atoms with E-state index in [1.165, 1.54) is 7.11 Å². The summed E-state index contributed by atoms with van der Waals surface area (Å²) < 4.78 is 31.5. The fourth-order valence-corrected chi connectivity index (χ4v) is 2.63. The molecule has 1 fully saturated rings. The highest BCUT2D eigenvalue weighted by Gasteiger charge is 2.45. The van der Waals surface area contributed by atoms with E-state index in [9.17, 15) is 13.6 Å². The Balaban J connectivity index is 2.25. The fourth-order valence-electron chi connectivity index (χ4n) is 2.63. The van der Waals surface area contributed by atoms with Gasteiger partial charge in [0.15, 0.2) is 0 Å². The topological polar surface area (TPSA) is 26.3 Å². The van der Waals surface area contributed by atoms with Gasteiger partial charge < -0.3 is 4.74 Å². The third-order valence-corrected chi connectivity index (χ3v) is 3.56. The first-order valence-corrected chi connectivity index (χ1v) is 6.04. The van der Waals surface area contributed by atoms with Crippen LogP contribution >= 0.6 is 0 Å². The van der Waals surface area contributed by atoms with Crippen LogP contribution in [-0.4, -0.2) is 19.0 Å². The second-order valence-electron chi connectivity index (χ2n) is 4.75. The summed E-state index contributed by atoms with van der Waals surface area (Å²) in [6.45, 7) is 0. The Morgan fingerprint density at radius 2 is 2.00 bits per heavy atom. The standard InChI is InChI=1S/C14H16F2O2/c1-18-13(17)12-9-14(15,16)8-7-11(12)10-5-3-2-4-6-10/h2-6,11-12H,7-9H2,1H3/t11-,12-/m1/s1. The zero-order valence-corrected chi connectivity index (χ0v) is 10.2. The van der Waals surface area contributed by atoms with Gasteiger partial charge in [0.1, 0.15) is 0 Å². The van der Waals surface area contributed by atoms with Crippen molar-refractivity contribution in [3.05, 3.63) is 35.9 Å². The van der Waals surface area contributed by atoms with E-state index < -0.39 is 24.2 Å². The van der Waals surface area contributed by atoms with Crippen LogP contribution in [0.25, 0.3) is 0 Å². The van der Waals surface area contributed by atoms with Gasteiger partial charge in [-0.2, -0.15) is 0 Å². The number of esters is 1. The third-order valence-electron chi connectivity index (χ3n) is 3.56. The maximum atomic E-state index is 13.4. The average Bonchev–Trinajstić information content (AvgIpc) is 2.38. The van der Waals surface area contributed by atoms with Crippen molar-refractivity contribution >= 4 is 5.97 Å².